The molecular formula is C25H30ClN7O4. The van der Waals surface area contributed by atoms with Crippen LogP contribution >= 0.6 is 11.6 Å². The third kappa shape index (κ3) is 5.93. The van der Waals surface area contributed by atoms with Gasteiger partial charge in [0.1, 0.15) is 30.2 Å². The number of carbonyl (C=O) groups is 2. The Morgan fingerprint density at radius 1 is 1.27 bits per heavy atom. The third-order valence-electron chi connectivity index (χ3n) is 5.64. The smallest absolute Gasteiger partial charge is 0.412 e. The standard InChI is InChI=1S/C25H30ClN7O4/c1-6-11-36-23(34)30-18-14-33(19-12-17(26)7-8-27-19)22-20(18)21(28-15-29-22)32-10-9-31(13-16(32)2)24(35)37-25(3,4)5/h6-8,12,14-16H,1,9-11,13H2,2-5H3,(H,30,34)/t16-/m0/s1. The first-order valence-electron chi connectivity index (χ1n) is 11.8. The molecular weight excluding hydrogens is 498 g/mol. The lowest BCUT2D eigenvalue weighted by Gasteiger charge is -2.41. The van der Waals surface area contributed by atoms with E-state index in [0.717, 1.165) is 0 Å². The molecule has 2 amide bonds. The Morgan fingerprint density at radius 3 is 2.73 bits per heavy atom. The van der Waals surface area contributed by atoms with Crippen molar-refractivity contribution in [1.29, 1.82) is 0 Å². The maximum atomic E-state index is 12.6. The Hall–Kier alpha value is -3.86. The molecule has 0 unspecified atom stereocenters. The van der Waals surface area contributed by atoms with Gasteiger partial charge in [0.15, 0.2) is 5.65 Å². The van der Waals surface area contributed by atoms with Crippen LogP contribution < -0.4 is 10.2 Å². The molecule has 1 fully saturated rings. The van der Waals surface area contributed by atoms with E-state index in [4.69, 9.17) is 21.1 Å². The Balaban J connectivity index is 1.72. The van der Waals surface area contributed by atoms with Gasteiger partial charge >= 0.3 is 12.2 Å². The molecule has 1 aliphatic heterocycles. The van der Waals surface area contributed by atoms with Gasteiger partial charge in [-0.15, -0.1) is 0 Å². The van der Waals surface area contributed by atoms with E-state index < -0.39 is 11.7 Å². The van der Waals surface area contributed by atoms with E-state index in [-0.39, 0.29) is 18.7 Å². The summed E-state index contributed by atoms with van der Waals surface area (Å²) >= 11 is 6.21. The van der Waals surface area contributed by atoms with Crippen molar-refractivity contribution in [3.8, 4) is 5.82 Å². The lowest BCUT2D eigenvalue weighted by Crippen LogP contribution is -2.54. The zero-order valence-corrected chi connectivity index (χ0v) is 22.0. The predicted molar refractivity (Wildman–Crippen MR) is 141 cm³/mol. The number of hydrogen-bond acceptors (Lipinski definition) is 8. The van der Waals surface area contributed by atoms with Gasteiger partial charge in [0, 0.05) is 49.2 Å². The third-order valence-corrected chi connectivity index (χ3v) is 5.87. The number of nitrogens with zero attached hydrogens (tertiary/aromatic N) is 6. The molecule has 3 aromatic heterocycles. The van der Waals surface area contributed by atoms with Gasteiger partial charge in [-0.05, 0) is 33.8 Å². The van der Waals surface area contributed by atoms with Crippen molar-refractivity contribution in [2.24, 2.45) is 0 Å². The summed E-state index contributed by atoms with van der Waals surface area (Å²) in [6.07, 6.45) is 5.26. The fraction of sp³-hybridized carbons (Fsp3) is 0.400. The zero-order valence-electron chi connectivity index (χ0n) is 21.3. The van der Waals surface area contributed by atoms with Crippen molar-refractivity contribution < 1.29 is 19.1 Å². The highest BCUT2D eigenvalue weighted by Gasteiger charge is 2.32. The molecule has 0 spiro atoms. The predicted octanol–water partition coefficient (Wildman–Crippen LogP) is 4.65. The number of halogens is 1. The number of amides is 2. The van der Waals surface area contributed by atoms with Crippen LogP contribution in [0.2, 0.25) is 5.02 Å². The van der Waals surface area contributed by atoms with Crippen LogP contribution in [0.25, 0.3) is 16.9 Å². The molecule has 37 heavy (non-hydrogen) atoms. The lowest BCUT2D eigenvalue weighted by molar-refractivity contribution is 0.0218. The number of rotatable bonds is 5. The van der Waals surface area contributed by atoms with E-state index in [1.807, 2.05) is 27.7 Å². The molecule has 196 valence electrons. The number of nitrogens with one attached hydrogen (secondary N) is 1. The fourth-order valence-electron chi connectivity index (χ4n) is 4.10. The van der Waals surface area contributed by atoms with Crippen molar-refractivity contribution in [2.45, 2.75) is 39.3 Å². The monoisotopic (exact) mass is 527 g/mol. The minimum absolute atomic E-state index is 0.0628. The van der Waals surface area contributed by atoms with Crippen LogP contribution in [-0.2, 0) is 9.47 Å². The molecule has 3 aromatic rings. The molecule has 4 rings (SSSR count). The first kappa shape index (κ1) is 26.2. The van der Waals surface area contributed by atoms with Crippen molar-refractivity contribution in [3.63, 3.8) is 0 Å². The van der Waals surface area contributed by atoms with Crippen LogP contribution in [0.1, 0.15) is 27.7 Å². The molecule has 12 heteroatoms. The molecule has 0 saturated carbocycles. The summed E-state index contributed by atoms with van der Waals surface area (Å²) in [5.41, 5.74) is 0.401. The molecule has 0 aromatic carbocycles. The summed E-state index contributed by atoms with van der Waals surface area (Å²) in [6, 6.07) is 3.28. The topological polar surface area (TPSA) is 115 Å². The van der Waals surface area contributed by atoms with Crippen molar-refractivity contribution >= 4 is 46.3 Å². The highest BCUT2D eigenvalue weighted by atomic mass is 35.5. The molecule has 0 radical (unpaired) electrons. The first-order valence-corrected chi connectivity index (χ1v) is 12.2. The number of ether oxygens (including phenoxy) is 2. The molecule has 1 aliphatic rings. The second kappa shape index (κ2) is 10.6. The van der Waals surface area contributed by atoms with E-state index in [2.05, 4.69) is 31.7 Å². The van der Waals surface area contributed by atoms with Crippen LogP contribution in [0.4, 0.5) is 21.1 Å². The Bertz CT molecular complexity index is 1320. The molecule has 0 aliphatic carbocycles. The van der Waals surface area contributed by atoms with Crippen molar-refractivity contribution in [1.82, 2.24) is 24.4 Å². The summed E-state index contributed by atoms with van der Waals surface area (Å²) in [5.74, 6) is 1.14. The number of pyridine rings is 1. The van der Waals surface area contributed by atoms with Gasteiger partial charge in [0.25, 0.3) is 0 Å². The quantitative estimate of drug-likeness (QED) is 0.477. The van der Waals surface area contributed by atoms with Gasteiger partial charge in [-0.25, -0.2) is 24.5 Å². The Morgan fingerprint density at radius 2 is 2.05 bits per heavy atom. The minimum atomic E-state index is -0.643. The highest BCUT2D eigenvalue weighted by molar-refractivity contribution is 6.30. The van der Waals surface area contributed by atoms with E-state index in [0.29, 0.717) is 53.0 Å². The van der Waals surface area contributed by atoms with Gasteiger partial charge < -0.3 is 19.3 Å². The highest BCUT2D eigenvalue weighted by Crippen LogP contribution is 2.35. The second-order valence-corrected chi connectivity index (χ2v) is 10.1. The fourth-order valence-corrected chi connectivity index (χ4v) is 4.26. The van der Waals surface area contributed by atoms with E-state index in [1.54, 1.807) is 34.0 Å². The molecule has 0 bridgehead atoms. The Kier molecular flexibility index (Phi) is 7.53. The van der Waals surface area contributed by atoms with Gasteiger partial charge in [0.05, 0.1) is 11.1 Å². The van der Waals surface area contributed by atoms with Gasteiger partial charge in [-0.3, -0.25) is 9.88 Å². The summed E-state index contributed by atoms with van der Waals surface area (Å²) in [7, 11) is 0. The molecule has 11 nitrogen and oxygen atoms in total. The van der Waals surface area contributed by atoms with Crippen LogP contribution in [-0.4, -0.2) is 74.5 Å². The SMILES string of the molecule is C=CCOC(=O)Nc1cn(-c2cc(Cl)ccn2)c2ncnc(N3CCN(C(=O)OC(C)(C)C)C[C@@H]3C)c12. The largest absolute Gasteiger partial charge is 0.445 e. The lowest BCUT2D eigenvalue weighted by atomic mass is 10.1. The number of piperazine rings is 1. The van der Waals surface area contributed by atoms with E-state index in [9.17, 15) is 9.59 Å². The van der Waals surface area contributed by atoms with Crippen LogP contribution in [0.5, 0.6) is 0 Å². The van der Waals surface area contributed by atoms with E-state index >= 15 is 0 Å². The molecule has 1 N–H and O–H groups in total. The van der Waals surface area contributed by atoms with E-state index in [1.165, 1.54) is 12.4 Å². The van der Waals surface area contributed by atoms with Gasteiger partial charge in [-0.1, -0.05) is 24.3 Å². The van der Waals surface area contributed by atoms with Crippen LogP contribution in [0.3, 0.4) is 0 Å². The number of carbonyl (C=O) groups excluding carboxylic acids is 2. The molecule has 1 saturated heterocycles. The number of anilines is 2. The number of aromatic nitrogens is 4. The average molecular weight is 528 g/mol. The molecule has 4 heterocycles. The van der Waals surface area contributed by atoms with Gasteiger partial charge in [0.2, 0.25) is 0 Å². The summed E-state index contributed by atoms with van der Waals surface area (Å²) in [5, 5.41) is 3.91. The first-order chi connectivity index (χ1) is 17.6. The Labute approximate surface area is 220 Å². The number of fused-ring (bicyclic) bond motifs is 1. The second-order valence-electron chi connectivity index (χ2n) is 9.62. The molecule has 1 atom stereocenters. The van der Waals surface area contributed by atoms with Gasteiger partial charge in [-0.2, -0.15) is 0 Å². The van der Waals surface area contributed by atoms with Crippen LogP contribution in [0, 0.1) is 0 Å². The summed E-state index contributed by atoms with van der Waals surface area (Å²) in [6.45, 7) is 12.6. The normalized spacial score (nSPS) is 16.0. The maximum Gasteiger partial charge on any atom is 0.412 e. The number of hydrogen-bond donors (Lipinski definition) is 1. The summed E-state index contributed by atoms with van der Waals surface area (Å²) in [4.78, 5) is 42.3. The maximum absolute atomic E-state index is 12.6. The zero-order chi connectivity index (χ0) is 26.7. The average Bonchev–Trinajstić information content (AvgIpc) is 3.20. The minimum Gasteiger partial charge on any atom is -0.445 e. The summed E-state index contributed by atoms with van der Waals surface area (Å²) < 4.78 is 12.4. The van der Waals surface area contributed by atoms with Crippen molar-refractivity contribution in [3.05, 3.63) is 48.5 Å². The van der Waals surface area contributed by atoms with Crippen LogP contribution in [0.15, 0.2) is 43.5 Å². The van der Waals surface area contributed by atoms with Crippen molar-refractivity contribution in [2.75, 3.05) is 36.5 Å².